The highest BCUT2D eigenvalue weighted by Crippen LogP contribution is 2.22. The molecule has 0 aliphatic carbocycles. The molecule has 0 aromatic carbocycles. The van der Waals surface area contributed by atoms with Crippen LogP contribution in [0.2, 0.25) is 5.15 Å². The summed E-state index contributed by atoms with van der Waals surface area (Å²) < 4.78 is 1.81. The normalized spacial score (nSPS) is 13.3. The molecular weight excluding hydrogens is 274 g/mol. The van der Waals surface area contributed by atoms with E-state index >= 15 is 0 Å². The zero-order chi connectivity index (χ0) is 13.1. The van der Waals surface area contributed by atoms with Crippen LogP contribution in [-0.4, -0.2) is 33.0 Å². The molecule has 2 rings (SSSR count). The van der Waals surface area contributed by atoms with Gasteiger partial charge in [0.15, 0.2) is 10.1 Å². The van der Waals surface area contributed by atoms with Crippen LogP contribution in [0.4, 0.5) is 0 Å². The molecule has 7 heteroatoms. The molecule has 0 spiro atoms. The van der Waals surface area contributed by atoms with Gasteiger partial charge in [-0.3, -0.25) is 9.20 Å². The largest absolute Gasteiger partial charge is 0.392 e. The minimum absolute atomic E-state index is 0.219. The van der Waals surface area contributed by atoms with Crippen LogP contribution < -0.4 is 5.32 Å². The predicted octanol–water partition coefficient (Wildman–Crippen LogP) is 1.56. The van der Waals surface area contributed by atoms with Crippen molar-refractivity contribution in [3.8, 4) is 0 Å². The molecule has 2 aromatic rings. The van der Waals surface area contributed by atoms with Crippen LogP contribution >= 0.6 is 22.9 Å². The molecule has 0 saturated heterocycles. The standard InChI is InChI=1S/C11H12ClN3O2S/c1-7(16)6-13-9(17)3-2-8-10(12)14-11-15(8)4-5-18-11/h2-5,7,16H,6H2,1H3,(H,13,17)/b3-2+/t7-/m0/s1. The van der Waals surface area contributed by atoms with Gasteiger partial charge in [0.25, 0.3) is 0 Å². The molecule has 0 radical (unpaired) electrons. The molecular formula is C11H12ClN3O2S. The van der Waals surface area contributed by atoms with Crippen molar-refractivity contribution in [1.82, 2.24) is 14.7 Å². The molecule has 5 nitrogen and oxygen atoms in total. The molecule has 18 heavy (non-hydrogen) atoms. The number of nitrogens with one attached hydrogen (secondary N) is 1. The van der Waals surface area contributed by atoms with Crippen molar-refractivity contribution in [1.29, 1.82) is 0 Å². The molecule has 0 bridgehead atoms. The SMILES string of the molecule is C[C@H](O)CNC(=O)/C=C/c1c(Cl)nc2sccn12. The molecule has 1 atom stereocenters. The monoisotopic (exact) mass is 285 g/mol. The number of halogens is 1. The summed E-state index contributed by atoms with van der Waals surface area (Å²) in [5.74, 6) is -0.280. The smallest absolute Gasteiger partial charge is 0.244 e. The Kier molecular flexibility index (Phi) is 4.00. The van der Waals surface area contributed by atoms with Crippen molar-refractivity contribution in [3.05, 3.63) is 28.5 Å². The van der Waals surface area contributed by atoms with Gasteiger partial charge in [-0.2, -0.15) is 0 Å². The maximum atomic E-state index is 11.4. The number of carbonyl (C=O) groups is 1. The van der Waals surface area contributed by atoms with Gasteiger partial charge in [0, 0.05) is 24.2 Å². The van der Waals surface area contributed by atoms with E-state index in [1.165, 1.54) is 17.4 Å². The van der Waals surface area contributed by atoms with Crippen LogP contribution in [0.1, 0.15) is 12.6 Å². The number of aromatic nitrogens is 2. The molecule has 2 N–H and O–H groups in total. The molecule has 0 fully saturated rings. The Morgan fingerprint density at radius 2 is 2.56 bits per heavy atom. The Labute approximate surface area is 113 Å². The van der Waals surface area contributed by atoms with E-state index in [0.717, 1.165) is 4.96 Å². The van der Waals surface area contributed by atoms with Crippen LogP contribution in [0.3, 0.4) is 0 Å². The van der Waals surface area contributed by atoms with E-state index in [4.69, 9.17) is 16.7 Å². The fourth-order valence-electron chi connectivity index (χ4n) is 1.39. The van der Waals surface area contributed by atoms with Gasteiger partial charge in [-0.05, 0) is 13.0 Å². The van der Waals surface area contributed by atoms with E-state index in [-0.39, 0.29) is 12.5 Å². The molecule has 96 valence electrons. The Balaban J connectivity index is 2.10. The number of aliphatic hydroxyl groups is 1. The summed E-state index contributed by atoms with van der Waals surface area (Å²) in [6.45, 7) is 1.82. The quantitative estimate of drug-likeness (QED) is 0.838. The minimum atomic E-state index is -0.565. The zero-order valence-electron chi connectivity index (χ0n) is 9.63. The summed E-state index contributed by atoms with van der Waals surface area (Å²) in [7, 11) is 0. The first-order chi connectivity index (χ1) is 8.58. The number of aliphatic hydroxyl groups excluding tert-OH is 1. The van der Waals surface area contributed by atoms with E-state index in [2.05, 4.69) is 10.3 Å². The van der Waals surface area contributed by atoms with Crippen LogP contribution in [0.15, 0.2) is 17.7 Å². The molecule has 2 heterocycles. The third-order valence-corrected chi connectivity index (χ3v) is 3.25. The number of carbonyl (C=O) groups excluding carboxylic acids is 1. The summed E-state index contributed by atoms with van der Waals surface area (Å²) >= 11 is 7.44. The van der Waals surface area contributed by atoms with Crippen LogP contribution in [0.25, 0.3) is 11.0 Å². The van der Waals surface area contributed by atoms with Crippen molar-refractivity contribution in [3.63, 3.8) is 0 Å². The van der Waals surface area contributed by atoms with E-state index in [1.54, 1.807) is 13.0 Å². The Morgan fingerprint density at radius 3 is 3.28 bits per heavy atom. The van der Waals surface area contributed by atoms with Crippen LogP contribution in [0.5, 0.6) is 0 Å². The number of nitrogens with zero attached hydrogens (tertiary/aromatic N) is 2. The van der Waals surface area contributed by atoms with E-state index in [9.17, 15) is 4.79 Å². The molecule has 1 amide bonds. The predicted molar refractivity (Wildman–Crippen MR) is 71.8 cm³/mol. The van der Waals surface area contributed by atoms with Crippen molar-refractivity contribution >= 4 is 39.9 Å². The third-order valence-electron chi connectivity index (χ3n) is 2.22. The number of amides is 1. The summed E-state index contributed by atoms with van der Waals surface area (Å²) in [4.78, 5) is 16.4. The van der Waals surface area contributed by atoms with Gasteiger partial charge in [0.05, 0.1) is 11.8 Å². The first-order valence-electron chi connectivity index (χ1n) is 5.33. The zero-order valence-corrected chi connectivity index (χ0v) is 11.2. The average Bonchev–Trinajstić information content (AvgIpc) is 2.84. The Bertz CT molecular complexity index is 588. The first kappa shape index (κ1) is 13.1. The summed E-state index contributed by atoms with van der Waals surface area (Å²) in [6.07, 6.45) is 4.25. The summed E-state index contributed by atoms with van der Waals surface area (Å²) in [5.41, 5.74) is 0.667. The van der Waals surface area contributed by atoms with Gasteiger partial charge in [0.1, 0.15) is 0 Å². The van der Waals surface area contributed by atoms with Crippen molar-refractivity contribution in [2.24, 2.45) is 0 Å². The molecule has 2 aromatic heterocycles. The van der Waals surface area contributed by atoms with Gasteiger partial charge in [-0.1, -0.05) is 11.6 Å². The van der Waals surface area contributed by atoms with Gasteiger partial charge < -0.3 is 10.4 Å². The maximum absolute atomic E-state index is 11.4. The maximum Gasteiger partial charge on any atom is 0.244 e. The number of rotatable bonds is 4. The molecule has 0 aliphatic heterocycles. The number of fused-ring (bicyclic) bond motifs is 1. The van der Waals surface area contributed by atoms with E-state index in [0.29, 0.717) is 10.8 Å². The fraction of sp³-hybridized carbons (Fsp3) is 0.273. The summed E-state index contributed by atoms with van der Waals surface area (Å²) in [5, 5.41) is 13.9. The highest BCUT2D eigenvalue weighted by atomic mass is 35.5. The second kappa shape index (κ2) is 5.51. The van der Waals surface area contributed by atoms with Crippen LogP contribution in [-0.2, 0) is 4.79 Å². The number of hydrogen-bond donors (Lipinski definition) is 2. The average molecular weight is 286 g/mol. The number of thiazole rings is 1. The Morgan fingerprint density at radius 1 is 1.78 bits per heavy atom. The number of hydrogen-bond acceptors (Lipinski definition) is 4. The lowest BCUT2D eigenvalue weighted by molar-refractivity contribution is -0.116. The van der Waals surface area contributed by atoms with Gasteiger partial charge >= 0.3 is 0 Å². The number of imidazole rings is 1. The van der Waals surface area contributed by atoms with Gasteiger partial charge in [0.2, 0.25) is 5.91 Å². The fourth-order valence-corrected chi connectivity index (χ4v) is 2.39. The lowest BCUT2D eigenvalue weighted by Gasteiger charge is -2.03. The minimum Gasteiger partial charge on any atom is -0.392 e. The molecule has 0 aliphatic rings. The molecule has 0 unspecified atom stereocenters. The van der Waals surface area contributed by atoms with E-state index in [1.807, 2.05) is 16.0 Å². The lowest BCUT2D eigenvalue weighted by Crippen LogP contribution is -2.28. The van der Waals surface area contributed by atoms with Gasteiger partial charge in [-0.15, -0.1) is 11.3 Å². The first-order valence-corrected chi connectivity index (χ1v) is 6.58. The highest BCUT2D eigenvalue weighted by molar-refractivity contribution is 7.15. The van der Waals surface area contributed by atoms with Crippen molar-refractivity contribution in [2.45, 2.75) is 13.0 Å². The third kappa shape index (κ3) is 2.90. The van der Waals surface area contributed by atoms with E-state index < -0.39 is 6.10 Å². The topological polar surface area (TPSA) is 66.6 Å². The van der Waals surface area contributed by atoms with Gasteiger partial charge in [-0.25, -0.2) is 4.98 Å². The van der Waals surface area contributed by atoms with Crippen molar-refractivity contribution < 1.29 is 9.90 Å². The summed E-state index contributed by atoms with van der Waals surface area (Å²) in [6, 6.07) is 0. The second-order valence-corrected chi connectivity index (χ2v) is 5.00. The lowest BCUT2D eigenvalue weighted by atomic mass is 10.3. The van der Waals surface area contributed by atoms with Crippen LogP contribution in [0, 0.1) is 0 Å². The Hall–Kier alpha value is -1.37. The highest BCUT2D eigenvalue weighted by Gasteiger charge is 2.08. The second-order valence-electron chi connectivity index (χ2n) is 3.77. The molecule has 0 saturated carbocycles. The van der Waals surface area contributed by atoms with Crippen molar-refractivity contribution in [2.75, 3.05) is 6.54 Å².